The molecule has 0 amide bonds. The standard InChI is InChI=1S/10H3N.22H2O.19O.12W/h10*1H3;22*1H2;;;;;;;;;;;;;;;;;;;;;;;;;;;;;;;/q;;;;;;;;;;;;;;;;;;;;;;;;;;;;;;;;19*-2;;;;;;;;;;;;/p-22. The van der Waals surface area contributed by atoms with Crippen molar-refractivity contribution in [1.29, 1.82) is 0 Å². The van der Waals surface area contributed by atoms with E-state index in [0.29, 0.717) is 0 Å². The van der Waals surface area contributed by atoms with E-state index in [1.54, 1.807) is 0 Å². The first kappa shape index (κ1) is 8330. The summed E-state index contributed by atoms with van der Waals surface area (Å²) in [6, 6.07) is 0. The summed E-state index contributed by atoms with van der Waals surface area (Å²) in [5, 5.41) is 0. The van der Waals surface area contributed by atoms with Crippen LogP contribution >= 0.6 is 0 Å². The number of hydrogen-bond acceptors (Lipinski definition) is 32. The Labute approximate surface area is 532 Å². The van der Waals surface area contributed by atoms with Gasteiger partial charge in [0.15, 0.2) is 0 Å². The summed E-state index contributed by atoms with van der Waals surface area (Å²) in [4.78, 5) is 0. The van der Waals surface area contributed by atoms with Crippen LogP contribution in [0.4, 0.5) is 0 Å². The molecule has 0 aliphatic rings. The number of hydrogen-bond donors (Lipinski definition) is 10. The average Bonchev–Trinajstić information content (AvgIpc) is 0. The fourth-order valence-corrected chi connectivity index (χ4v) is 0. The van der Waals surface area contributed by atoms with Crippen LogP contribution in [0.25, 0.3) is 0 Å². The van der Waals surface area contributed by atoms with E-state index in [9.17, 15) is 0 Å². The smallest absolute Gasteiger partial charge is 0 e. The molecule has 0 aliphatic carbocycles. The zero-order chi connectivity index (χ0) is 0. The van der Waals surface area contributed by atoms with E-state index in [-0.39, 0.29) is 539 Å². The molecule has 51 nitrogen and oxygen atoms in total. The van der Waals surface area contributed by atoms with Gasteiger partial charge in [-0.25, -0.2) is 0 Å². The Morgan fingerprint density at radius 2 is 0.0635 bits per heavy atom. The monoisotopic (exact) mass is 3060 g/mol. The van der Waals surface area contributed by atoms with Crippen molar-refractivity contribution in [2.24, 2.45) is 0 Å². The van der Waals surface area contributed by atoms with Gasteiger partial charge in [-0.05, 0) is 0 Å². The molecular formula is H52N10O41W12-60. The summed E-state index contributed by atoms with van der Waals surface area (Å²) in [6.45, 7) is 0. The molecule has 52 N–H and O–H groups in total. The molecule has 0 aliphatic heterocycles. The molecule has 0 saturated carbocycles. The SMILES string of the molecule is N.N.N.N.N.N.N.N.N.N.[O-2].[O-2].[O-2].[O-2].[O-2].[O-2].[O-2].[O-2].[O-2].[O-2].[O-2].[O-2].[O-2].[O-2].[O-2].[O-2].[O-2].[O-2].[O-2].[OH-].[OH-].[OH-].[OH-].[OH-].[OH-].[OH-].[OH-].[OH-].[OH-].[OH-].[OH-].[OH-].[OH-].[OH-].[OH-].[OH-].[OH-].[OH-].[OH-].[OH-].[OH-].[W].[W].[W].[W].[W].[W].[W].[W].[W].[W].[W].[W]. The fraction of sp³-hybridized carbons (Fsp3) is 0. The molecule has 0 heterocycles. The average molecular weight is 3050 g/mol. The third-order valence-corrected chi connectivity index (χ3v) is 0. The fourth-order valence-electron chi connectivity index (χ4n) is 0. The van der Waals surface area contributed by atoms with Crippen molar-refractivity contribution in [3.05, 3.63) is 0 Å². The first-order valence-electron chi connectivity index (χ1n) is 0. The van der Waals surface area contributed by atoms with Gasteiger partial charge in [0.25, 0.3) is 0 Å². The molecule has 0 atom stereocenters. The number of rotatable bonds is 0. The van der Waals surface area contributed by atoms with Gasteiger partial charge in [0.05, 0.1) is 0 Å². The van der Waals surface area contributed by atoms with Gasteiger partial charge in [0, 0.05) is 253 Å². The molecule has 63 heteroatoms. The molecule has 63 heavy (non-hydrogen) atoms. The van der Waals surface area contributed by atoms with E-state index in [4.69, 9.17) is 0 Å². The normalized spacial score (nSPS) is 0. The van der Waals surface area contributed by atoms with Crippen LogP contribution < -0.4 is 61.5 Å². The molecule has 0 aromatic carbocycles. The van der Waals surface area contributed by atoms with Gasteiger partial charge >= 0.3 is 0 Å². The minimum atomic E-state index is 0. The van der Waals surface area contributed by atoms with Gasteiger partial charge in [-0.2, -0.15) is 0 Å². The van der Waals surface area contributed by atoms with Crippen molar-refractivity contribution >= 4 is 0 Å². The largest absolute Gasteiger partial charge is 2.00 e. The van der Waals surface area contributed by atoms with Gasteiger partial charge in [-0.3, -0.25) is 0 Å². The Morgan fingerprint density at radius 1 is 0.0635 bits per heavy atom. The maximum Gasteiger partial charge on any atom is 0 e. The second-order valence-electron chi connectivity index (χ2n) is 0. The van der Waals surface area contributed by atoms with Gasteiger partial charge < -0.3 is 286 Å². The van der Waals surface area contributed by atoms with E-state index in [1.807, 2.05) is 0 Å². The quantitative estimate of drug-likeness (QED) is 0.109. The van der Waals surface area contributed by atoms with Crippen molar-refractivity contribution in [2.75, 3.05) is 0 Å². The minimum Gasteiger partial charge on any atom is -2.00 e. The summed E-state index contributed by atoms with van der Waals surface area (Å²) in [7, 11) is 0. The Morgan fingerprint density at radius 3 is 0.0635 bits per heavy atom. The van der Waals surface area contributed by atoms with Crippen molar-refractivity contribution in [1.82, 2.24) is 61.5 Å². The summed E-state index contributed by atoms with van der Waals surface area (Å²) in [6.07, 6.45) is 0. The summed E-state index contributed by atoms with van der Waals surface area (Å²) in [5.74, 6) is 0. The van der Waals surface area contributed by atoms with Crippen LogP contribution in [0.15, 0.2) is 0 Å². The maximum atomic E-state index is 0. The molecule has 0 fully saturated rings. The zero-order valence-corrected chi connectivity index (χ0v) is 64.8. The van der Waals surface area contributed by atoms with Crippen molar-refractivity contribution in [2.45, 2.75) is 0 Å². The molecule has 0 radical (unpaired) electrons. The molecule has 0 aromatic rings. The summed E-state index contributed by atoms with van der Waals surface area (Å²) in [5.41, 5.74) is 0. The molecule has 0 spiro atoms. The Kier molecular flexibility index (Phi) is 1050000. The molecule has 0 bridgehead atoms. The summed E-state index contributed by atoms with van der Waals surface area (Å²) >= 11 is 0. The van der Waals surface area contributed by atoms with Crippen LogP contribution in [-0.2, 0) is 357 Å². The molecule has 0 saturated heterocycles. The predicted molar refractivity (Wildman–Crippen MR) is 106 cm³/mol. The van der Waals surface area contributed by atoms with Crippen molar-refractivity contribution < 1.29 is 477 Å². The Balaban J connectivity index is 0. The second kappa shape index (κ2) is 7970. The molecule has 0 aromatic heterocycles. The van der Waals surface area contributed by atoms with Gasteiger partial charge in [-0.15, -0.1) is 0 Å². The van der Waals surface area contributed by atoms with E-state index in [2.05, 4.69) is 0 Å². The second-order valence-corrected chi connectivity index (χ2v) is 0. The molecular weight excluding hydrogens is 3000 g/mol. The van der Waals surface area contributed by atoms with Crippen LogP contribution in [0.5, 0.6) is 0 Å². The van der Waals surface area contributed by atoms with Crippen LogP contribution in [0.1, 0.15) is 0 Å². The van der Waals surface area contributed by atoms with Gasteiger partial charge in [0.2, 0.25) is 0 Å². The van der Waals surface area contributed by atoms with Gasteiger partial charge in [0.1, 0.15) is 0 Å². The molecule has 0 unspecified atom stereocenters. The maximum absolute atomic E-state index is 0. The van der Waals surface area contributed by atoms with E-state index in [0.717, 1.165) is 0 Å². The molecule has 0 rings (SSSR count). The van der Waals surface area contributed by atoms with Gasteiger partial charge in [-0.1, -0.05) is 0 Å². The van der Waals surface area contributed by atoms with E-state index >= 15 is 0 Å². The predicted octanol–water partition coefficient (Wildman–Crippen LogP) is -4.56. The van der Waals surface area contributed by atoms with Crippen LogP contribution in [-0.4, -0.2) is 120 Å². The van der Waals surface area contributed by atoms with Crippen LogP contribution in [0.2, 0.25) is 0 Å². The first-order valence-corrected chi connectivity index (χ1v) is 0. The molecule has 480 valence electrons. The zero-order valence-electron chi connectivity index (χ0n) is 29.6. The van der Waals surface area contributed by atoms with E-state index in [1.165, 1.54) is 0 Å². The third-order valence-electron chi connectivity index (χ3n) is 0. The van der Waals surface area contributed by atoms with E-state index < -0.39 is 0 Å². The third kappa shape index (κ3) is 7730. The minimum absolute atomic E-state index is 0. The Hall–Kier alpha value is 6.22. The topological polar surface area (TPSA) is 1550 Å². The van der Waals surface area contributed by atoms with Crippen LogP contribution in [0, 0.1) is 0 Å². The van der Waals surface area contributed by atoms with Crippen molar-refractivity contribution in [3.63, 3.8) is 0 Å². The summed E-state index contributed by atoms with van der Waals surface area (Å²) < 4.78 is 0. The Bertz CT molecular complexity index is 80.7. The first-order chi connectivity index (χ1) is 0. The van der Waals surface area contributed by atoms with Crippen LogP contribution in [0.3, 0.4) is 0 Å². The van der Waals surface area contributed by atoms with Crippen molar-refractivity contribution in [3.8, 4) is 0 Å².